The third kappa shape index (κ3) is 2.20. The van der Waals surface area contributed by atoms with Crippen molar-refractivity contribution < 1.29 is 13.6 Å². The van der Waals surface area contributed by atoms with E-state index in [2.05, 4.69) is 4.98 Å². The summed E-state index contributed by atoms with van der Waals surface area (Å²) in [6.45, 7) is 0. The second kappa shape index (κ2) is 4.48. The highest BCUT2D eigenvalue weighted by Crippen LogP contribution is 2.28. The van der Waals surface area contributed by atoms with Crippen molar-refractivity contribution >= 4 is 28.5 Å². The minimum Gasteiger partial charge on any atom is -0.366 e. The van der Waals surface area contributed by atoms with Gasteiger partial charge in [0.05, 0.1) is 11.1 Å². The number of nitrogens with zero attached hydrogens (tertiary/aromatic N) is 2. The largest absolute Gasteiger partial charge is 0.366 e. The first-order valence-electron chi connectivity index (χ1n) is 3.65. The van der Waals surface area contributed by atoms with E-state index in [1.165, 1.54) is 6.07 Å². The maximum atomic E-state index is 12.6. The summed E-state index contributed by atoms with van der Waals surface area (Å²) in [6.07, 6.45) is -1.84. The van der Waals surface area contributed by atoms with Crippen molar-refractivity contribution in [1.82, 2.24) is 4.98 Å². The molecule has 0 saturated carbocycles. The number of carbonyl (C=O) groups excluding carboxylic acids is 1. The number of nitriles is 1. The van der Waals surface area contributed by atoms with Crippen molar-refractivity contribution in [3.63, 3.8) is 0 Å². The smallest absolute Gasteiger partial charge is 0.267 e. The van der Waals surface area contributed by atoms with Crippen molar-refractivity contribution in [2.45, 2.75) is 6.43 Å². The second-order valence-corrected chi connectivity index (χ2v) is 3.60. The molecule has 1 aromatic rings. The fraction of sp³-hybridized carbons (Fsp3) is 0.125. The van der Waals surface area contributed by atoms with E-state index in [0.29, 0.717) is 0 Å². The van der Waals surface area contributed by atoms with E-state index in [0.717, 1.165) is 6.20 Å². The average Bonchev–Trinajstić information content (AvgIpc) is 2.15. The number of amides is 1. The third-order valence-electron chi connectivity index (χ3n) is 1.64. The van der Waals surface area contributed by atoms with Crippen LogP contribution in [0.4, 0.5) is 8.78 Å². The van der Waals surface area contributed by atoms with E-state index in [1.807, 2.05) is 0 Å². The minimum atomic E-state index is -2.86. The summed E-state index contributed by atoms with van der Waals surface area (Å²) in [7, 11) is 0. The van der Waals surface area contributed by atoms with Gasteiger partial charge in [-0.25, -0.2) is 13.8 Å². The first-order valence-corrected chi connectivity index (χ1v) is 4.73. The Morgan fingerprint density at radius 3 is 2.67 bits per heavy atom. The van der Waals surface area contributed by atoms with Crippen LogP contribution in [0.5, 0.6) is 0 Å². The molecule has 7 heteroatoms. The number of alkyl halides is 2. The highest BCUT2D eigenvalue weighted by atomic mass is 127. The van der Waals surface area contributed by atoms with Gasteiger partial charge in [0.25, 0.3) is 12.3 Å². The molecule has 0 saturated heterocycles. The van der Waals surface area contributed by atoms with E-state index in [-0.39, 0.29) is 14.8 Å². The van der Waals surface area contributed by atoms with Crippen LogP contribution in [0.1, 0.15) is 28.0 Å². The molecule has 0 radical (unpaired) electrons. The molecule has 1 amide bonds. The van der Waals surface area contributed by atoms with Gasteiger partial charge in [-0.2, -0.15) is 5.26 Å². The molecule has 1 rings (SSSR count). The highest BCUT2D eigenvalue weighted by Gasteiger charge is 2.22. The lowest BCUT2D eigenvalue weighted by atomic mass is 10.1. The van der Waals surface area contributed by atoms with Gasteiger partial charge in [-0.3, -0.25) is 4.79 Å². The van der Waals surface area contributed by atoms with Gasteiger partial charge in [0.15, 0.2) is 0 Å². The molecule has 0 atom stereocenters. The SMILES string of the molecule is N#Cc1ncc(C(N)=O)c(I)c1C(F)F. The normalized spacial score (nSPS) is 10.1. The van der Waals surface area contributed by atoms with E-state index in [4.69, 9.17) is 11.0 Å². The summed E-state index contributed by atoms with van der Waals surface area (Å²) < 4.78 is 25.1. The Morgan fingerprint density at radius 2 is 2.27 bits per heavy atom. The number of rotatable bonds is 2. The van der Waals surface area contributed by atoms with Crippen molar-refractivity contribution in [1.29, 1.82) is 5.26 Å². The van der Waals surface area contributed by atoms with Crippen molar-refractivity contribution in [3.8, 4) is 6.07 Å². The molecular weight excluding hydrogens is 319 g/mol. The predicted octanol–water partition coefficient (Wildman–Crippen LogP) is 1.59. The standard InChI is InChI=1S/C8H4F2IN3O/c9-7(10)5-4(1-12)14-2-3(6(5)11)8(13)15/h2,7H,(H2,13,15). The van der Waals surface area contributed by atoms with Crippen LogP contribution >= 0.6 is 22.6 Å². The maximum Gasteiger partial charge on any atom is 0.267 e. The van der Waals surface area contributed by atoms with Crippen molar-refractivity contribution in [2.75, 3.05) is 0 Å². The molecule has 0 spiro atoms. The van der Waals surface area contributed by atoms with Gasteiger partial charge in [-0.15, -0.1) is 0 Å². The van der Waals surface area contributed by atoms with Crippen molar-refractivity contribution in [2.24, 2.45) is 5.73 Å². The van der Waals surface area contributed by atoms with Crippen LogP contribution in [0.15, 0.2) is 6.20 Å². The molecule has 4 nitrogen and oxygen atoms in total. The summed E-state index contributed by atoms with van der Waals surface area (Å²) >= 11 is 1.55. The van der Waals surface area contributed by atoms with E-state index < -0.39 is 17.9 Å². The molecule has 0 aliphatic carbocycles. The lowest BCUT2D eigenvalue weighted by molar-refractivity contribution is 0.0998. The van der Waals surface area contributed by atoms with Crippen LogP contribution in [0.25, 0.3) is 0 Å². The summed E-state index contributed by atoms with van der Waals surface area (Å²) in [4.78, 5) is 14.3. The number of hydrogen-bond acceptors (Lipinski definition) is 3. The Bertz CT molecular complexity index is 456. The predicted molar refractivity (Wildman–Crippen MR) is 55.1 cm³/mol. The Balaban J connectivity index is 3.51. The fourth-order valence-corrected chi connectivity index (χ4v) is 1.86. The monoisotopic (exact) mass is 323 g/mol. The first kappa shape index (κ1) is 11.8. The van der Waals surface area contributed by atoms with Crippen molar-refractivity contribution in [3.05, 3.63) is 26.6 Å². The van der Waals surface area contributed by atoms with Gasteiger partial charge >= 0.3 is 0 Å². The molecule has 15 heavy (non-hydrogen) atoms. The third-order valence-corrected chi connectivity index (χ3v) is 2.80. The number of hydrogen-bond donors (Lipinski definition) is 1. The Labute approximate surface area is 97.2 Å². The molecule has 0 aromatic carbocycles. The molecule has 0 bridgehead atoms. The highest BCUT2D eigenvalue weighted by molar-refractivity contribution is 14.1. The van der Waals surface area contributed by atoms with Gasteiger partial charge in [0, 0.05) is 9.77 Å². The number of aromatic nitrogens is 1. The molecule has 1 aromatic heterocycles. The number of pyridine rings is 1. The van der Waals surface area contributed by atoms with E-state index in [1.54, 1.807) is 22.6 Å². The Kier molecular flexibility index (Phi) is 3.52. The van der Waals surface area contributed by atoms with Crippen LogP contribution in [0, 0.1) is 14.9 Å². The van der Waals surface area contributed by atoms with Gasteiger partial charge in [-0.05, 0) is 22.6 Å². The molecular formula is C8H4F2IN3O. The number of halogens is 3. The average molecular weight is 323 g/mol. The Hall–Kier alpha value is -1.30. The second-order valence-electron chi connectivity index (χ2n) is 2.52. The zero-order valence-corrected chi connectivity index (χ0v) is 9.33. The van der Waals surface area contributed by atoms with Crippen LogP contribution in [0.3, 0.4) is 0 Å². The van der Waals surface area contributed by atoms with Crippen LogP contribution in [-0.2, 0) is 0 Å². The molecule has 0 unspecified atom stereocenters. The lowest BCUT2D eigenvalue weighted by Gasteiger charge is -2.07. The van der Waals surface area contributed by atoms with Crippen LogP contribution < -0.4 is 5.73 Å². The van der Waals surface area contributed by atoms with E-state index in [9.17, 15) is 13.6 Å². The minimum absolute atomic E-state index is 0.0262. The van der Waals surface area contributed by atoms with Gasteiger partial charge in [0.2, 0.25) is 0 Å². The van der Waals surface area contributed by atoms with E-state index >= 15 is 0 Å². The zero-order chi connectivity index (χ0) is 11.6. The van der Waals surface area contributed by atoms with Gasteiger partial charge in [-0.1, -0.05) is 0 Å². The number of nitrogens with two attached hydrogens (primary N) is 1. The molecule has 0 aliphatic heterocycles. The number of carbonyl (C=O) groups is 1. The molecule has 78 valence electrons. The zero-order valence-electron chi connectivity index (χ0n) is 7.17. The van der Waals surface area contributed by atoms with Gasteiger partial charge in [0.1, 0.15) is 11.8 Å². The first-order chi connectivity index (χ1) is 6.99. The summed E-state index contributed by atoms with van der Waals surface area (Å²) in [5, 5.41) is 8.56. The topological polar surface area (TPSA) is 79.8 Å². The fourth-order valence-electron chi connectivity index (χ4n) is 0.964. The van der Waals surface area contributed by atoms with Crippen LogP contribution in [-0.4, -0.2) is 10.9 Å². The van der Waals surface area contributed by atoms with Gasteiger partial charge < -0.3 is 5.73 Å². The molecule has 1 heterocycles. The van der Waals surface area contributed by atoms with Crippen LogP contribution in [0.2, 0.25) is 0 Å². The molecule has 2 N–H and O–H groups in total. The maximum absolute atomic E-state index is 12.6. The molecule has 0 aliphatic rings. The summed E-state index contributed by atoms with van der Waals surface area (Å²) in [5.74, 6) is -0.849. The molecule has 0 fully saturated rings. The summed E-state index contributed by atoms with van der Waals surface area (Å²) in [5.41, 5.74) is 3.92. The quantitative estimate of drug-likeness (QED) is 0.840. The summed E-state index contributed by atoms with van der Waals surface area (Å²) in [6, 6.07) is 1.54. The number of primary amides is 1. The lowest BCUT2D eigenvalue weighted by Crippen LogP contribution is -2.15. The Morgan fingerprint density at radius 1 is 1.67 bits per heavy atom.